The van der Waals surface area contributed by atoms with Crippen LogP contribution in [0.4, 0.5) is 0 Å². The summed E-state index contributed by atoms with van der Waals surface area (Å²) in [6.45, 7) is 4.03. The summed E-state index contributed by atoms with van der Waals surface area (Å²) < 4.78 is 0. The van der Waals surface area contributed by atoms with Crippen LogP contribution in [-0.4, -0.2) is 22.4 Å². The molecule has 0 spiro atoms. The van der Waals surface area contributed by atoms with Gasteiger partial charge in [-0.3, -0.25) is 5.43 Å². The van der Waals surface area contributed by atoms with Crippen LogP contribution in [0.15, 0.2) is 23.4 Å². The number of hydrazone groups is 1. The minimum Gasteiger partial charge on any atom is -0.360 e. The highest BCUT2D eigenvalue weighted by Gasteiger charge is 1.94. The van der Waals surface area contributed by atoms with Crippen molar-refractivity contribution in [1.82, 2.24) is 15.7 Å². The lowest BCUT2D eigenvalue weighted by atomic mass is 10.4. The summed E-state index contributed by atoms with van der Waals surface area (Å²) in [4.78, 5) is 3.00. The number of nitrogens with zero attached hydrogens (tertiary/aromatic N) is 1. The molecule has 0 bridgehead atoms. The van der Waals surface area contributed by atoms with Crippen molar-refractivity contribution < 1.29 is 0 Å². The van der Waals surface area contributed by atoms with Crippen LogP contribution in [0.2, 0.25) is 0 Å². The van der Waals surface area contributed by atoms with E-state index in [-0.39, 0.29) is 0 Å². The Morgan fingerprint density at radius 3 is 3.00 bits per heavy atom. The van der Waals surface area contributed by atoms with Crippen LogP contribution in [0.5, 0.6) is 0 Å². The van der Waals surface area contributed by atoms with Gasteiger partial charge in [-0.1, -0.05) is 0 Å². The first-order valence-electron chi connectivity index (χ1n) is 4.41. The summed E-state index contributed by atoms with van der Waals surface area (Å²) in [6.07, 6.45) is 3.51. The number of rotatable bonds is 3. The first-order valence-corrected chi connectivity index (χ1v) is 4.82. The van der Waals surface area contributed by atoms with E-state index in [1.807, 2.05) is 32.2 Å². The molecule has 0 aromatic carbocycles. The van der Waals surface area contributed by atoms with Crippen molar-refractivity contribution in [2.45, 2.75) is 19.9 Å². The van der Waals surface area contributed by atoms with Crippen molar-refractivity contribution in [2.24, 2.45) is 5.10 Å². The largest absolute Gasteiger partial charge is 0.360 e. The molecule has 0 radical (unpaired) electrons. The zero-order valence-corrected chi connectivity index (χ0v) is 9.06. The summed E-state index contributed by atoms with van der Waals surface area (Å²) >= 11 is 4.98. The highest BCUT2D eigenvalue weighted by Crippen LogP contribution is 1.88. The van der Waals surface area contributed by atoms with Crippen molar-refractivity contribution in [3.63, 3.8) is 0 Å². The smallest absolute Gasteiger partial charge is 0.187 e. The van der Waals surface area contributed by atoms with Gasteiger partial charge in [0.15, 0.2) is 5.11 Å². The summed E-state index contributed by atoms with van der Waals surface area (Å²) in [5.41, 5.74) is 3.66. The highest BCUT2D eigenvalue weighted by molar-refractivity contribution is 7.80. The Hall–Kier alpha value is -1.36. The van der Waals surface area contributed by atoms with E-state index in [0.717, 1.165) is 5.69 Å². The first-order chi connectivity index (χ1) is 6.68. The van der Waals surface area contributed by atoms with Crippen LogP contribution in [0.3, 0.4) is 0 Å². The predicted octanol–water partition coefficient (Wildman–Crippen LogP) is 1.22. The van der Waals surface area contributed by atoms with Gasteiger partial charge in [0.05, 0.1) is 11.9 Å². The molecule has 3 N–H and O–H groups in total. The van der Waals surface area contributed by atoms with Gasteiger partial charge in [-0.05, 0) is 38.2 Å². The topological polar surface area (TPSA) is 52.2 Å². The number of thiocarbonyl (C=S) groups is 1. The van der Waals surface area contributed by atoms with Gasteiger partial charge < -0.3 is 10.3 Å². The molecule has 0 atom stereocenters. The molecule has 0 saturated carbocycles. The SMILES string of the molecule is CC(C)NC(=S)NN=Cc1ccc[nH]1. The molecule has 0 aliphatic heterocycles. The van der Waals surface area contributed by atoms with Crippen molar-refractivity contribution in [1.29, 1.82) is 0 Å². The molecule has 0 aliphatic rings. The molecule has 0 saturated heterocycles. The van der Waals surface area contributed by atoms with Gasteiger partial charge in [0.2, 0.25) is 0 Å². The molecule has 0 unspecified atom stereocenters. The summed E-state index contributed by atoms with van der Waals surface area (Å²) in [5.74, 6) is 0. The molecule has 0 fully saturated rings. The van der Waals surface area contributed by atoms with Gasteiger partial charge >= 0.3 is 0 Å². The molecule has 4 nitrogen and oxygen atoms in total. The van der Waals surface area contributed by atoms with E-state index in [1.165, 1.54) is 0 Å². The fraction of sp³-hybridized carbons (Fsp3) is 0.333. The molecule has 0 amide bonds. The minimum atomic E-state index is 0.315. The fourth-order valence-corrected chi connectivity index (χ4v) is 1.17. The zero-order chi connectivity index (χ0) is 10.4. The molecular weight excluding hydrogens is 196 g/mol. The Morgan fingerprint density at radius 1 is 1.64 bits per heavy atom. The van der Waals surface area contributed by atoms with Gasteiger partial charge in [-0.2, -0.15) is 5.10 Å². The average Bonchev–Trinajstić information content (AvgIpc) is 2.55. The van der Waals surface area contributed by atoms with Gasteiger partial charge in [-0.25, -0.2) is 0 Å². The second kappa shape index (κ2) is 5.39. The van der Waals surface area contributed by atoms with E-state index in [1.54, 1.807) is 6.21 Å². The van der Waals surface area contributed by atoms with Gasteiger partial charge in [0.25, 0.3) is 0 Å². The fourth-order valence-electron chi connectivity index (χ4n) is 0.879. The molecule has 0 aliphatic carbocycles. The minimum absolute atomic E-state index is 0.315. The predicted molar refractivity (Wildman–Crippen MR) is 62.4 cm³/mol. The number of aromatic nitrogens is 1. The molecule has 1 aromatic rings. The maximum Gasteiger partial charge on any atom is 0.187 e. The van der Waals surface area contributed by atoms with Crippen molar-refractivity contribution in [3.05, 3.63) is 24.0 Å². The summed E-state index contributed by atoms with van der Waals surface area (Å²) in [7, 11) is 0. The zero-order valence-electron chi connectivity index (χ0n) is 8.24. The maximum absolute atomic E-state index is 4.98. The van der Waals surface area contributed by atoms with E-state index < -0.39 is 0 Å². The Kier molecular flexibility index (Phi) is 4.12. The Balaban J connectivity index is 2.30. The lowest BCUT2D eigenvalue weighted by Gasteiger charge is -2.09. The van der Waals surface area contributed by atoms with Crippen LogP contribution in [0.25, 0.3) is 0 Å². The molecular formula is C9H14N4S. The summed E-state index contributed by atoms with van der Waals surface area (Å²) in [6, 6.07) is 4.14. The monoisotopic (exact) mass is 210 g/mol. The lowest BCUT2D eigenvalue weighted by molar-refractivity contribution is 0.719. The number of H-pyrrole nitrogens is 1. The third kappa shape index (κ3) is 4.04. The highest BCUT2D eigenvalue weighted by atomic mass is 32.1. The third-order valence-corrected chi connectivity index (χ3v) is 1.62. The standard InChI is InChI=1S/C9H14N4S/c1-7(2)12-9(14)13-11-6-8-4-3-5-10-8/h3-7,10H,1-2H3,(H2,12,13,14). The van der Waals surface area contributed by atoms with Crippen LogP contribution in [0, 0.1) is 0 Å². The average molecular weight is 210 g/mol. The first kappa shape index (κ1) is 10.7. The van der Waals surface area contributed by atoms with E-state index >= 15 is 0 Å². The van der Waals surface area contributed by atoms with Gasteiger partial charge in [0.1, 0.15) is 0 Å². The molecule has 1 heterocycles. The number of aromatic amines is 1. The van der Waals surface area contributed by atoms with E-state index in [9.17, 15) is 0 Å². The third-order valence-electron chi connectivity index (χ3n) is 1.41. The molecule has 1 aromatic heterocycles. The quantitative estimate of drug-likeness (QED) is 0.399. The Morgan fingerprint density at radius 2 is 2.43 bits per heavy atom. The molecule has 14 heavy (non-hydrogen) atoms. The van der Waals surface area contributed by atoms with Crippen LogP contribution >= 0.6 is 12.2 Å². The Bertz CT molecular complexity index is 303. The normalized spacial score (nSPS) is 10.8. The van der Waals surface area contributed by atoms with E-state index in [4.69, 9.17) is 12.2 Å². The van der Waals surface area contributed by atoms with Crippen molar-refractivity contribution in [3.8, 4) is 0 Å². The van der Waals surface area contributed by atoms with Crippen LogP contribution < -0.4 is 10.7 Å². The number of hydrogen-bond acceptors (Lipinski definition) is 2. The second-order valence-electron chi connectivity index (χ2n) is 3.12. The van der Waals surface area contributed by atoms with Gasteiger partial charge in [-0.15, -0.1) is 0 Å². The lowest BCUT2D eigenvalue weighted by Crippen LogP contribution is -2.36. The molecule has 5 heteroatoms. The van der Waals surface area contributed by atoms with E-state index in [2.05, 4.69) is 20.8 Å². The van der Waals surface area contributed by atoms with Crippen LogP contribution in [0.1, 0.15) is 19.5 Å². The van der Waals surface area contributed by atoms with E-state index in [0.29, 0.717) is 11.2 Å². The van der Waals surface area contributed by atoms with Crippen molar-refractivity contribution >= 4 is 23.5 Å². The maximum atomic E-state index is 4.98. The number of hydrogen-bond donors (Lipinski definition) is 3. The summed E-state index contributed by atoms with van der Waals surface area (Å²) in [5, 5.41) is 7.51. The molecule has 76 valence electrons. The van der Waals surface area contributed by atoms with Crippen molar-refractivity contribution in [2.75, 3.05) is 0 Å². The van der Waals surface area contributed by atoms with Gasteiger partial charge in [0, 0.05) is 12.2 Å². The Labute approximate surface area is 88.8 Å². The van der Waals surface area contributed by atoms with Crippen LogP contribution in [-0.2, 0) is 0 Å². The second-order valence-corrected chi connectivity index (χ2v) is 3.53. The number of nitrogens with one attached hydrogen (secondary N) is 3. The molecule has 1 rings (SSSR count).